The first-order chi connectivity index (χ1) is 19.7. The molecule has 6 rings (SSSR count). The van der Waals surface area contributed by atoms with Gasteiger partial charge < -0.3 is 24.6 Å². The second kappa shape index (κ2) is 11.7. The van der Waals surface area contributed by atoms with Crippen LogP contribution < -0.4 is 10.2 Å². The largest absolute Gasteiger partial charge is 0.451 e. The number of benzene rings is 2. The molecule has 2 aromatic carbocycles. The number of hydrogen-bond donors (Lipinski definition) is 3. The van der Waals surface area contributed by atoms with Crippen molar-refractivity contribution >= 4 is 33.5 Å². The highest BCUT2D eigenvalue weighted by molar-refractivity contribution is 5.96. The SMILES string of the molecule is N#Cc1ccc2[nH]cc(CCCCN3CCN(c4ccc5oc(C(=O)NCCc6cnc[nH]6)cc5c4)CC3)c2c1. The summed E-state index contributed by atoms with van der Waals surface area (Å²) in [6, 6.07) is 16.1. The van der Waals surface area contributed by atoms with Gasteiger partial charge in [0.2, 0.25) is 0 Å². The highest BCUT2D eigenvalue weighted by atomic mass is 16.3. The molecular formula is C31H33N7O2. The monoisotopic (exact) mass is 535 g/mol. The van der Waals surface area contributed by atoms with E-state index in [2.05, 4.69) is 54.5 Å². The summed E-state index contributed by atoms with van der Waals surface area (Å²) < 4.78 is 5.82. The number of aromatic nitrogens is 3. The Morgan fingerprint density at radius 3 is 2.77 bits per heavy atom. The van der Waals surface area contributed by atoms with E-state index < -0.39 is 0 Å². The van der Waals surface area contributed by atoms with Crippen LogP contribution in [0.1, 0.15) is 40.2 Å². The lowest BCUT2D eigenvalue weighted by Crippen LogP contribution is -2.46. The lowest BCUT2D eigenvalue weighted by molar-refractivity contribution is 0.0928. The molecule has 3 aromatic heterocycles. The van der Waals surface area contributed by atoms with Gasteiger partial charge in [0.1, 0.15) is 5.58 Å². The topological polar surface area (TPSA) is 117 Å². The van der Waals surface area contributed by atoms with E-state index in [1.807, 2.05) is 30.3 Å². The summed E-state index contributed by atoms with van der Waals surface area (Å²) in [7, 11) is 0. The molecule has 1 fully saturated rings. The second-order valence-electron chi connectivity index (χ2n) is 10.4. The average molecular weight is 536 g/mol. The van der Waals surface area contributed by atoms with E-state index in [0.29, 0.717) is 24.3 Å². The molecule has 0 saturated carbocycles. The molecule has 1 aliphatic heterocycles. The summed E-state index contributed by atoms with van der Waals surface area (Å²) >= 11 is 0. The number of carbonyl (C=O) groups is 1. The Balaban J connectivity index is 0.963. The smallest absolute Gasteiger partial charge is 0.287 e. The molecule has 40 heavy (non-hydrogen) atoms. The first-order valence-electron chi connectivity index (χ1n) is 13.9. The number of imidazole rings is 1. The van der Waals surface area contributed by atoms with Crippen LogP contribution in [0.3, 0.4) is 0 Å². The Hall–Kier alpha value is -4.55. The van der Waals surface area contributed by atoms with Gasteiger partial charge in [0, 0.05) is 79.2 Å². The highest BCUT2D eigenvalue weighted by Gasteiger charge is 2.19. The van der Waals surface area contributed by atoms with Crippen molar-refractivity contribution in [1.82, 2.24) is 25.2 Å². The summed E-state index contributed by atoms with van der Waals surface area (Å²) in [4.78, 5) is 27.9. The summed E-state index contributed by atoms with van der Waals surface area (Å²) in [5.74, 6) is 0.127. The maximum atomic E-state index is 12.6. The van der Waals surface area contributed by atoms with Crippen LogP contribution in [0.5, 0.6) is 0 Å². The normalized spacial score (nSPS) is 14.1. The Labute approximate surface area is 232 Å². The number of carbonyl (C=O) groups excluding carboxylic acids is 1. The number of hydrogen-bond acceptors (Lipinski definition) is 6. The van der Waals surface area contributed by atoms with E-state index in [-0.39, 0.29) is 5.91 Å². The van der Waals surface area contributed by atoms with Crippen LogP contribution in [0.4, 0.5) is 5.69 Å². The molecule has 0 unspecified atom stereocenters. The van der Waals surface area contributed by atoms with Crippen LogP contribution >= 0.6 is 0 Å². The lowest BCUT2D eigenvalue weighted by Gasteiger charge is -2.36. The zero-order valence-electron chi connectivity index (χ0n) is 22.4. The number of amides is 1. The van der Waals surface area contributed by atoms with Crippen molar-refractivity contribution in [2.24, 2.45) is 0 Å². The van der Waals surface area contributed by atoms with Crippen molar-refractivity contribution in [3.05, 3.63) is 83.8 Å². The van der Waals surface area contributed by atoms with Gasteiger partial charge in [-0.3, -0.25) is 9.69 Å². The molecule has 0 bridgehead atoms. The molecule has 9 heteroatoms. The molecule has 0 spiro atoms. The first-order valence-corrected chi connectivity index (χ1v) is 13.9. The standard InChI is InChI=1S/C31H33N7O2/c32-18-22-4-6-28-27(15-22)23(19-35-28)3-1-2-10-37-11-13-38(14-12-37)26-5-7-29-24(16-26)17-30(40-29)31(39)34-9-8-25-20-33-21-36-25/h4-7,15-17,19-21,35H,1-3,8-14H2,(H,33,36)(H,34,39). The van der Waals surface area contributed by atoms with Gasteiger partial charge >= 0.3 is 0 Å². The van der Waals surface area contributed by atoms with E-state index in [9.17, 15) is 10.1 Å². The number of aryl methyl sites for hydroxylation is 1. The second-order valence-corrected chi connectivity index (χ2v) is 10.4. The predicted molar refractivity (Wildman–Crippen MR) is 155 cm³/mol. The summed E-state index contributed by atoms with van der Waals surface area (Å²) in [6.07, 6.45) is 9.46. The van der Waals surface area contributed by atoms with Crippen LogP contribution in [0.2, 0.25) is 0 Å². The number of furan rings is 1. The lowest BCUT2D eigenvalue weighted by atomic mass is 10.1. The number of unbranched alkanes of at least 4 members (excludes halogenated alkanes) is 1. The number of nitriles is 1. The summed E-state index contributed by atoms with van der Waals surface area (Å²) in [5, 5.41) is 14.2. The van der Waals surface area contributed by atoms with Crippen LogP contribution in [-0.4, -0.2) is 65.0 Å². The van der Waals surface area contributed by atoms with Gasteiger partial charge in [-0.15, -0.1) is 0 Å². The van der Waals surface area contributed by atoms with E-state index in [1.54, 1.807) is 12.5 Å². The Bertz CT molecular complexity index is 1640. The number of aromatic amines is 2. The molecule has 3 N–H and O–H groups in total. The van der Waals surface area contributed by atoms with Gasteiger partial charge in [0.15, 0.2) is 5.76 Å². The van der Waals surface area contributed by atoms with Gasteiger partial charge in [0.05, 0.1) is 18.0 Å². The molecule has 204 valence electrons. The van der Waals surface area contributed by atoms with Crippen LogP contribution in [0, 0.1) is 11.3 Å². The molecule has 0 radical (unpaired) electrons. The molecule has 1 aliphatic rings. The maximum absolute atomic E-state index is 12.6. The average Bonchev–Trinajstić information content (AvgIpc) is 3.75. The molecule has 9 nitrogen and oxygen atoms in total. The van der Waals surface area contributed by atoms with Gasteiger partial charge in [-0.05, 0) is 73.8 Å². The fraction of sp³-hybridized carbons (Fsp3) is 0.323. The number of piperazine rings is 1. The van der Waals surface area contributed by atoms with Gasteiger partial charge in [-0.2, -0.15) is 5.26 Å². The number of rotatable bonds is 10. The Kier molecular flexibility index (Phi) is 7.51. The molecular weight excluding hydrogens is 502 g/mol. The molecule has 5 aromatic rings. The zero-order chi connectivity index (χ0) is 27.3. The Morgan fingerprint density at radius 2 is 1.95 bits per heavy atom. The number of H-pyrrole nitrogens is 2. The minimum atomic E-state index is -0.206. The minimum Gasteiger partial charge on any atom is -0.451 e. The van der Waals surface area contributed by atoms with Gasteiger partial charge in [-0.1, -0.05) is 0 Å². The fourth-order valence-corrected chi connectivity index (χ4v) is 5.49. The number of anilines is 1. The van der Waals surface area contributed by atoms with E-state index >= 15 is 0 Å². The quantitative estimate of drug-likeness (QED) is 0.225. The fourth-order valence-electron chi connectivity index (χ4n) is 5.49. The molecule has 1 amide bonds. The van der Waals surface area contributed by atoms with Crippen molar-refractivity contribution in [2.45, 2.75) is 25.7 Å². The highest BCUT2D eigenvalue weighted by Crippen LogP contribution is 2.26. The summed E-state index contributed by atoms with van der Waals surface area (Å²) in [6.45, 7) is 5.63. The molecule has 0 atom stereocenters. The third-order valence-corrected chi connectivity index (χ3v) is 7.76. The maximum Gasteiger partial charge on any atom is 0.287 e. The van der Waals surface area contributed by atoms with Crippen molar-refractivity contribution in [2.75, 3.05) is 44.2 Å². The number of fused-ring (bicyclic) bond motifs is 2. The van der Waals surface area contributed by atoms with Gasteiger partial charge in [-0.25, -0.2) is 4.98 Å². The first kappa shape index (κ1) is 25.7. The van der Waals surface area contributed by atoms with Crippen molar-refractivity contribution in [3.8, 4) is 6.07 Å². The van der Waals surface area contributed by atoms with E-state index in [0.717, 1.165) is 79.9 Å². The molecule has 1 saturated heterocycles. The van der Waals surface area contributed by atoms with Crippen molar-refractivity contribution in [3.63, 3.8) is 0 Å². The molecule has 0 aliphatic carbocycles. The predicted octanol–water partition coefficient (Wildman–Crippen LogP) is 4.63. The number of nitrogens with one attached hydrogen (secondary N) is 3. The third kappa shape index (κ3) is 5.72. The van der Waals surface area contributed by atoms with Crippen molar-refractivity contribution < 1.29 is 9.21 Å². The minimum absolute atomic E-state index is 0.206. The van der Waals surface area contributed by atoms with E-state index in [1.165, 1.54) is 10.9 Å². The van der Waals surface area contributed by atoms with Crippen LogP contribution in [0.15, 0.2) is 65.6 Å². The third-order valence-electron chi connectivity index (χ3n) is 7.76. The summed E-state index contributed by atoms with van der Waals surface area (Å²) in [5.41, 5.74) is 5.97. The number of nitrogens with zero attached hydrogens (tertiary/aromatic N) is 4. The van der Waals surface area contributed by atoms with Gasteiger partial charge in [0.25, 0.3) is 5.91 Å². The Morgan fingerprint density at radius 1 is 1.05 bits per heavy atom. The van der Waals surface area contributed by atoms with Crippen LogP contribution in [-0.2, 0) is 12.8 Å². The van der Waals surface area contributed by atoms with Crippen molar-refractivity contribution in [1.29, 1.82) is 5.26 Å². The molecule has 4 heterocycles. The van der Waals surface area contributed by atoms with Crippen LogP contribution in [0.25, 0.3) is 21.9 Å². The zero-order valence-corrected chi connectivity index (χ0v) is 22.4. The van der Waals surface area contributed by atoms with E-state index in [4.69, 9.17) is 4.42 Å².